The first-order chi connectivity index (χ1) is 17.1. The number of amides is 3. The number of anilines is 1. The van der Waals surface area contributed by atoms with Crippen LogP contribution in [0, 0.1) is 17.2 Å². The predicted molar refractivity (Wildman–Crippen MR) is 136 cm³/mol. The van der Waals surface area contributed by atoms with Crippen molar-refractivity contribution in [2.24, 2.45) is 5.92 Å². The molecule has 3 amide bonds. The summed E-state index contributed by atoms with van der Waals surface area (Å²) in [7, 11) is 0. The Morgan fingerprint density at radius 1 is 1.28 bits per heavy atom. The largest absolute Gasteiger partial charge is 0.444 e. The zero-order chi connectivity index (χ0) is 25.6. The van der Waals surface area contributed by atoms with Crippen LogP contribution >= 0.6 is 11.3 Å². The van der Waals surface area contributed by atoms with Gasteiger partial charge in [0.15, 0.2) is 0 Å². The average molecular weight is 507 g/mol. The molecule has 4 atom stereocenters. The average Bonchev–Trinajstić information content (AvgIpc) is 3.59. The lowest BCUT2D eigenvalue weighted by Gasteiger charge is -2.35. The summed E-state index contributed by atoms with van der Waals surface area (Å²) < 4.78 is 5.58. The Labute approximate surface area is 214 Å². The molecule has 9 heteroatoms. The molecule has 1 saturated carbocycles. The minimum atomic E-state index is -0.706. The Morgan fingerprint density at radius 3 is 2.83 bits per heavy atom. The summed E-state index contributed by atoms with van der Waals surface area (Å²) in [6.07, 6.45) is 2.89. The van der Waals surface area contributed by atoms with Gasteiger partial charge in [0.25, 0.3) is 0 Å². The van der Waals surface area contributed by atoms with Crippen molar-refractivity contribution in [2.75, 3.05) is 5.32 Å². The van der Waals surface area contributed by atoms with Gasteiger partial charge in [0.05, 0.1) is 12.5 Å². The molecule has 1 aromatic heterocycles. The maximum absolute atomic E-state index is 13.3. The van der Waals surface area contributed by atoms with Crippen molar-refractivity contribution in [1.29, 1.82) is 5.26 Å². The maximum atomic E-state index is 13.3. The number of piperidine rings is 1. The molecule has 3 aliphatic rings. The summed E-state index contributed by atoms with van der Waals surface area (Å²) in [6, 6.07) is 10.8. The number of fused-ring (bicyclic) bond motifs is 3. The van der Waals surface area contributed by atoms with Gasteiger partial charge in [0.1, 0.15) is 17.7 Å². The highest BCUT2D eigenvalue weighted by atomic mass is 32.1. The highest BCUT2D eigenvalue weighted by Crippen LogP contribution is 2.43. The third-order valence-electron chi connectivity index (χ3n) is 7.02. The van der Waals surface area contributed by atoms with Gasteiger partial charge in [0, 0.05) is 27.9 Å². The lowest BCUT2D eigenvalue weighted by atomic mass is 9.97. The highest BCUT2D eigenvalue weighted by molar-refractivity contribution is 7.15. The minimum Gasteiger partial charge on any atom is -0.444 e. The molecule has 5 rings (SSSR count). The van der Waals surface area contributed by atoms with E-state index in [4.69, 9.17) is 4.74 Å². The molecule has 4 unspecified atom stereocenters. The molecule has 8 nitrogen and oxygen atoms in total. The van der Waals surface area contributed by atoms with E-state index >= 15 is 0 Å². The van der Waals surface area contributed by atoms with Crippen LogP contribution in [0.1, 0.15) is 50.5 Å². The van der Waals surface area contributed by atoms with Crippen molar-refractivity contribution in [2.45, 2.75) is 76.6 Å². The fraction of sp³-hybridized carbons (Fsp3) is 0.481. The van der Waals surface area contributed by atoms with Gasteiger partial charge in [-0.25, -0.2) is 4.79 Å². The van der Waals surface area contributed by atoms with Crippen LogP contribution < -0.4 is 10.6 Å². The molecule has 2 N–H and O–H groups in total. The number of thiophene rings is 1. The number of carbonyl (C=O) groups is 3. The molecular weight excluding hydrogens is 476 g/mol. The molecular formula is C27H30N4O4S. The number of rotatable bonds is 5. The lowest BCUT2D eigenvalue weighted by molar-refractivity contribution is -0.128. The number of hydrogen-bond acceptors (Lipinski definition) is 6. The van der Waals surface area contributed by atoms with Crippen LogP contribution in [0.25, 0.3) is 10.4 Å². The Morgan fingerprint density at radius 2 is 2.08 bits per heavy atom. The van der Waals surface area contributed by atoms with E-state index in [-0.39, 0.29) is 23.8 Å². The van der Waals surface area contributed by atoms with E-state index in [0.29, 0.717) is 12.8 Å². The SMILES string of the molecule is CC(C)(C)OC(=O)N1C2CCC(C2)C1C(=O)NC(C#N)Cc1ccc(-c2ccc3c(c2)NC(=O)C3)s1. The Hall–Kier alpha value is -3.38. The summed E-state index contributed by atoms with van der Waals surface area (Å²) in [5, 5.41) is 15.6. The second kappa shape index (κ2) is 9.25. The third kappa shape index (κ3) is 4.82. The predicted octanol–water partition coefficient (Wildman–Crippen LogP) is 4.25. The van der Waals surface area contributed by atoms with E-state index in [1.54, 1.807) is 16.2 Å². The molecule has 3 heterocycles. The van der Waals surface area contributed by atoms with Crippen molar-refractivity contribution in [1.82, 2.24) is 10.2 Å². The molecule has 2 fully saturated rings. The number of ether oxygens (including phenoxy) is 1. The third-order valence-corrected chi connectivity index (χ3v) is 8.17. The Bertz CT molecular complexity index is 1260. The second-order valence-corrected chi connectivity index (χ2v) is 12.0. The van der Waals surface area contributed by atoms with Crippen molar-refractivity contribution >= 4 is 34.9 Å². The lowest BCUT2D eigenvalue weighted by Crippen LogP contribution is -2.55. The fourth-order valence-corrected chi connectivity index (χ4v) is 6.55. The van der Waals surface area contributed by atoms with Crippen LogP contribution in [0.2, 0.25) is 0 Å². The summed E-state index contributed by atoms with van der Waals surface area (Å²) >= 11 is 1.56. The van der Waals surface area contributed by atoms with Gasteiger partial charge in [-0.3, -0.25) is 14.5 Å². The number of nitrogens with zero attached hydrogens (tertiary/aromatic N) is 2. The van der Waals surface area contributed by atoms with Gasteiger partial charge in [-0.05, 0) is 75.3 Å². The van der Waals surface area contributed by atoms with Crippen LogP contribution in [0.15, 0.2) is 30.3 Å². The van der Waals surface area contributed by atoms with E-state index in [9.17, 15) is 19.6 Å². The van der Waals surface area contributed by atoms with Crippen molar-refractivity contribution in [3.63, 3.8) is 0 Å². The molecule has 2 aromatic rings. The van der Waals surface area contributed by atoms with Gasteiger partial charge >= 0.3 is 6.09 Å². The fourth-order valence-electron chi connectivity index (χ4n) is 5.50. The Kier molecular flexibility index (Phi) is 6.25. The zero-order valence-corrected chi connectivity index (χ0v) is 21.5. The maximum Gasteiger partial charge on any atom is 0.411 e. The highest BCUT2D eigenvalue weighted by Gasteiger charge is 2.52. The first-order valence-corrected chi connectivity index (χ1v) is 13.2. The first kappa shape index (κ1) is 24.3. The van der Waals surface area contributed by atoms with Crippen molar-refractivity contribution < 1.29 is 19.1 Å². The minimum absolute atomic E-state index is 0.00217. The van der Waals surface area contributed by atoms with Crippen molar-refractivity contribution in [3.8, 4) is 16.5 Å². The molecule has 2 aliphatic heterocycles. The van der Waals surface area contributed by atoms with Gasteiger partial charge in [-0.2, -0.15) is 5.26 Å². The van der Waals surface area contributed by atoms with Gasteiger partial charge in [-0.1, -0.05) is 12.1 Å². The molecule has 1 saturated heterocycles. The number of likely N-dealkylation sites (tertiary alicyclic amines) is 1. The summed E-state index contributed by atoms with van der Waals surface area (Å²) in [5.41, 5.74) is 2.19. The number of hydrogen-bond donors (Lipinski definition) is 2. The number of nitrogens with one attached hydrogen (secondary N) is 2. The van der Waals surface area contributed by atoms with E-state index in [1.807, 2.05) is 51.1 Å². The van der Waals surface area contributed by atoms with Crippen LogP contribution in [0.4, 0.5) is 10.5 Å². The molecule has 0 radical (unpaired) electrons. The summed E-state index contributed by atoms with van der Waals surface area (Å²) in [4.78, 5) is 41.4. The van der Waals surface area contributed by atoms with E-state index in [1.165, 1.54) is 0 Å². The molecule has 0 spiro atoms. The normalized spacial score (nSPS) is 23.1. The van der Waals surface area contributed by atoms with E-state index < -0.39 is 23.8 Å². The topological polar surface area (TPSA) is 112 Å². The summed E-state index contributed by atoms with van der Waals surface area (Å²) in [6.45, 7) is 5.44. The second-order valence-electron chi connectivity index (χ2n) is 10.8. The van der Waals surface area contributed by atoms with Gasteiger partial charge < -0.3 is 15.4 Å². The van der Waals surface area contributed by atoms with E-state index in [2.05, 4.69) is 16.7 Å². The quantitative estimate of drug-likeness (QED) is 0.630. The summed E-state index contributed by atoms with van der Waals surface area (Å²) in [5.74, 6) is -0.191. The monoisotopic (exact) mass is 506 g/mol. The number of benzene rings is 1. The van der Waals surface area contributed by atoms with Gasteiger partial charge in [0.2, 0.25) is 11.8 Å². The zero-order valence-electron chi connectivity index (χ0n) is 20.7. The molecule has 1 aliphatic carbocycles. The Balaban J connectivity index is 1.25. The first-order valence-electron chi connectivity index (χ1n) is 12.3. The van der Waals surface area contributed by atoms with Gasteiger partial charge in [-0.15, -0.1) is 11.3 Å². The van der Waals surface area contributed by atoms with Crippen LogP contribution in [-0.2, 0) is 27.2 Å². The molecule has 2 bridgehead atoms. The molecule has 188 valence electrons. The van der Waals surface area contributed by atoms with Crippen LogP contribution in [0.5, 0.6) is 0 Å². The number of carbonyl (C=O) groups excluding carboxylic acids is 3. The van der Waals surface area contributed by atoms with Crippen LogP contribution in [0.3, 0.4) is 0 Å². The number of nitriles is 1. The molecule has 36 heavy (non-hydrogen) atoms. The van der Waals surface area contributed by atoms with Crippen molar-refractivity contribution in [3.05, 3.63) is 40.8 Å². The standard InChI is InChI=1S/C27H30N4O4S/c1-27(2,3)35-26(34)31-19-7-6-17(10-19)24(31)25(33)29-18(14-28)13-20-8-9-22(36-20)16-5-4-15-12-23(32)30-21(15)11-16/h4-5,8-9,11,17-19,24H,6-7,10,12-13H2,1-3H3,(H,29,33)(H,30,32). The van der Waals surface area contributed by atoms with Crippen LogP contribution in [-0.4, -0.2) is 46.5 Å². The smallest absolute Gasteiger partial charge is 0.411 e. The van der Waals surface area contributed by atoms with E-state index in [0.717, 1.165) is 45.8 Å². The molecule has 1 aromatic carbocycles.